The summed E-state index contributed by atoms with van der Waals surface area (Å²) in [6.45, 7) is 1.45. The number of amides is 1. The Balaban J connectivity index is 1.97. The quantitative estimate of drug-likeness (QED) is 0.852. The van der Waals surface area contributed by atoms with Crippen LogP contribution < -0.4 is 15.8 Å². The van der Waals surface area contributed by atoms with E-state index < -0.39 is 24.1 Å². The molecule has 21 heavy (non-hydrogen) atoms. The van der Waals surface area contributed by atoms with Crippen LogP contribution in [0.1, 0.15) is 5.56 Å². The lowest BCUT2D eigenvalue weighted by Crippen LogP contribution is -2.20. The molecule has 0 fully saturated rings. The summed E-state index contributed by atoms with van der Waals surface area (Å²) < 4.78 is 31.6. The molecule has 0 heterocycles. The number of rotatable bonds is 4. The molecule has 2 aromatic rings. The van der Waals surface area contributed by atoms with Crippen LogP contribution in [0.2, 0.25) is 0 Å². The maximum Gasteiger partial charge on any atom is 0.262 e. The summed E-state index contributed by atoms with van der Waals surface area (Å²) in [6, 6.07) is 8.79. The van der Waals surface area contributed by atoms with Gasteiger partial charge in [-0.2, -0.15) is 0 Å². The van der Waals surface area contributed by atoms with Crippen molar-refractivity contribution in [1.82, 2.24) is 0 Å². The normalized spacial score (nSPS) is 10.2. The molecule has 1 amide bonds. The van der Waals surface area contributed by atoms with Gasteiger partial charge >= 0.3 is 0 Å². The van der Waals surface area contributed by atoms with Crippen molar-refractivity contribution in [3.63, 3.8) is 0 Å². The van der Waals surface area contributed by atoms with E-state index in [9.17, 15) is 13.6 Å². The maximum atomic E-state index is 13.5. The first-order valence-corrected chi connectivity index (χ1v) is 6.19. The van der Waals surface area contributed by atoms with E-state index in [0.29, 0.717) is 5.69 Å². The lowest BCUT2D eigenvalue weighted by Gasteiger charge is -2.09. The second-order valence-electron chi connectivity index (χ2n) is 4.51. The first kappa shape index (κ1) is 14.8. The molecule has 2 aromatic carbocycles. The lowest BCUT2D eigenvalue weighted by molar-refractivity contribution is -0.118. The number of ether oxygens (including phenoxy) is 1. The van der Waals surface area contributed by atoms with Crippen LogP contribution >= 0.6 is 0 Å². The molecule has 0 aliphatic rings. The fourth-order valence-corrected chi connectivity index (χ4v) is 1.72. The van der Waals surface area contributed by atoms with E-state index in [-0.39, 0.29) is 11.4 Å². The number of halogens is 2. The van der Waals surface area contributed by atoms with Gasteiger partial charge in [-0.1, -0.05) is 12.1 Å². The average molecular weight is 292 g/mol. The van der Waals surface area contributed by atoms with Crippen molar-refractivity contribution < 1.29 is 18.3 Å². The maximum absolute atomic E-state index is 13.5. The highest BCUT2D eigenvalue weighted by Crippen LogP contribution is 2.22. The highest BCUT2D eigenvalue weighted by Gasteiger charge is 2.11. The van der Waals surface area contributed by atoms with Crippen molar-refractivity contribution in [1.29, 1.82) is 0 Å². The Morgan fingerprint density at radius 3 is 2.71 bits per heavy atom. The van der Waals surface area contributed by atoms with Crippen LogP contribution in [-0.4, -0.2) is 12.5 Å². The summed E-state index contributed by atoms with van der Waals surface area (Å²) >= 11 is 0. The minimum absolute atomic E-state index is 0.316. The van der Waals surface area contributed by atoms with E-state index in [0.717, 1.165) is 17.7 Å². The number of hydrogen-bond acceptors (Lipinski definition) is 3. The Morgan fingerprint density at radius 2 is 2.00 bits per heavy atom. The van der Waals surface area contributed by atoms with Gasteiger partial charge in [0.15, 0.2) is 18.2 Å². The zero-order valence-corrected chi connectivity index (χ0v) is 11.3. The van der Waals surface area contributed by atoms with E-state index in [4.69, 9.17) is 10.5 Å². The predicted molar refractivity (Wildman–Crippen MR) is 76.1 cm³/mol. The number of nitrogen functional groups attached to an aromatic ring is 1. The van der Waals surface area contributed by atoms with Gasteiger partial charge in [-0.15, -0.1) is 0 Å². The number of carbonyl (C=O) groups excluding carboxylic acids is 1. The van der Waals surface area contributed by atoms with Gasteiger partial charge in [0.25, 0.3) is 5.91 Å². The molecule has 4 nitrogen and oxygen atoms in total. The topological polar surface area (TPSA) is 64.3 Å². The molecular formula is C15H14F2N2O2. The Hall–Kier alpha value is -2.63. The number of carbonyl (C=O) groups is 1. The van der Waals surface area contributed by atoms with Crippen molar-refractivity contribution in [3.05, 3.63) is 53.6 Å². The molecule has 2 rings (SSSR count). The largest absolute Gasteiger partial charge is 0.481 e. The molecule has 0 saturated heterocycles. The van der Waals surface area contributed by atoms with E-state index in [1.165, 1.54) is 0 Å². The first-order valence-electron chi connectivity index (χ1n) is 6.19. The first-order chi connectivity index (χ1) is 9.95. The summed E-state index contributed by atoms with van der Waals surface area (Å²) in [6.07, 6.45) is 0. The molecule has 0 saturated carbocycles. The van der Waals surface area contributed by atoms with Crippen molar-refractivity contribution in [2.75, 3.05) is 17.7 Å². The number of nitrogens with one attached hydrogen (secondary N) is 1. The molecule has 6 heteroatoms. The van der Waals surface area contributed by atoms with E-state index in [2.05, 4.69) is 5.32 Å². The van der Waals surface area contributed by atoms with Crippen LogP contribution in [0.15, 0.2) is 36.4 Å². The minimum Gasteiger partial charge on any atom is -0.481 e. The predicted octanol–water partition coefficient (Wildman–Crippen LogP) is 2.87. The summed E-state index contributed by atoms with van der Waals surface area (Å²) in [5.74, 6) is -2.46. The number of anilines is 2. The van der Waals surface area contributed by atoms with Crippen LogP contribution in [0.3, 0.4) is 0 Å². The molecule has 0 bridgehead atoms. The van der Waals surface area contributed by atoms with Crippen LogP contribution in [-0.2, 0) is 4.79 Å². The van der Waals surface area contributed by atoms with Gasteiger partial charge < -0.3 is 15.8 Å². The third-order valence-corrected chi connectivity index (χ3v) is 2.71. The van der Waals surface area contributed by atoms with Crippen LogP contribution in [0.4, 0.5) is 20.2 Å². The van der Waals surface area contributed by atoms with Gasteiger partial charge in [-0.3, -0.25) is 4.79 Å². The minimum atomic E-state index is -0.822. The highest BCUT2D eigenvalue weighted by atomic mass is 19.1. The van der Waals surface area contributed by atoms with Gasteiger partial charge in [0.05, 0.1) is 5.69 Å². The zero-order chi connectivity index (χ0) is 15.4. The number of aryl methyl sites for hydroxylation is 1. The van der Waals surface area contributed by atoms with Crippen LogP contribution in [0, 0.1) is 18.6 Å². The smallest absolute Gasteiger partial charge is 0.262 e. The SMILES string of the molecule is Cc1cccc(NC(=O)COc2cc(F)c(N)cc2F)c1. The van der Waals surface area contributed by atoms with Gasteiger partial charge in [0.2, 0.25) is 0 Å². The number of nitrogens with two attached hydrogens (primary N) is 1. The molecule has 0 atom stereocenters. The van der Waals surface area contributed by atoms with Crippen molar-refractivity contribution >= 4 is 17.3 Å². The molecule has 0 radical (unpaired) electrons. The van der Waals surface area contributed by atoms with Crippen LogP contribution in [0.5, 0.6) is 5.75 Å². The third-order valence-electron chi connectivity index (χ3n) is 2.71. The third kappa shape index (κ3) is 3.92. The van der Waals surface area contributed by atoms with Crippen LogP contribution in [0.25, 0.3) is 0 Å². The number of hydrogen-bond donors (Lipinski definition) is 2. The monoisotopic (exact) mass is 292 g/mol. The summed E-state index contributed by atoms with van der Waals surface area (Å²) in [5, 5.41) is 2.59. The van der Waals surface area contributed by atoms with Gasteiger partial charge in [0.1, 0.15) is 5.82 Å². The summed E-state index contributed by atoms with van der Waals surface area (Å²) in [5.41, 5.74) is 6.49. The Morgan fingerprint density at radius 1 is 1.24 bits per heavy atom. The lowest BCUT2D eigenvalue weighted by atomic mass is 10.2. The molecular weight excluding hydrogens is 278 g/mol. The van der Waals surface area contributed by atoms with Gasteiger partial charge in [0, 0.05) is 17.8 Å². The van der Waals surface area contributed by atoms with E-state index in [1.54, 1.807) is 18.2 Å². The number of benzene rings is 2. The second kappa shape index (κ2) is 6.21. The standard InChI is InChI=1S/C15H14F2N2O2/c1-9-3-2-4-10(5-9)19-15(20)8-21-14-7-11(16)13(18)6-12(14)17/h2-7H,8,18H2,1H3,(H,19,20). The molecule has 110 valence electrons. The Bertz CT molecular complexity index is 675. The average Bonchev–Trinajstić information content (AvgIpc) is 2.41. The Labute approximate surface area is 120 Å². The zero-order valence-electron chi connectivity index (χ0n) is 11.3. The van der Waals surface area contributed by atoms with Crippen molar-refractivity contribution in [3.8, 4) is 5.75 Å². The summed E-state index contributed by atoms with van der Waals surface area (Å²) in [7, 11) is 0. The molecule has 3 N–H and O–H groups in total. The molecule has 0 aliphatic heterocycles. The molecule has 0 spiro atoms. The van der Waals surface area contributed by atoms with E-state index in [1.807, 2.05) is 13.0 Å². The fourth-order valence-electron chi connectivity index (χ4n) is 1.72. The van der Waals surface area contributed by atoms with Gasteiger partial charge in [-0.05, 0) is 24.6 Å². The molecule has 0 aromatic heterocycles. The van der Waals surface area contributed by atoms with Gasteiger partial charge in [-0.25, -0.2) is 8.78 Å². The fraction of sp³-hybridized carbons (Fsp3) is 0.133. The summed E-state index contributed by atoms with van der Waals surface area (Å²) in [4.78, 5) is 11.7. The van der Waals surface area contributed by atoms with Crippen molar-refractivity contribution in [2.45, 2.75) is 6.92 Å². The Kier molecular flexibility index (Phi) is 4.37. The van der Waals surface area contributed by atoms with Crippen molar-refractivity contribution in [2.24, 2.45) is 0 Å². The molecule has 0 aliphatic carbocycles. The van der Waals surface area contributed by atoms with E-state index >= 15 is 0 Å². The second-order valence-corrected chi connectivity index (χ2v) is 4.51. The highest BCUT2D eigenvalue weighted by molar-refractivity contribution is 5.91. The molecule has 0 unspecified atom stereocenters.